The molecular weight excluding hydrogens is 332 g/mol. The molecule has 1 aromatic carbocycles. The minimum absolute atomic E-state index is 0.0336. The van der Waals surface area contributed by atoms with Crippen molar-refractivity contribution in [3.8, 4) is 11.5 Å². The molecule has 0 radical (unpaired) electrons. The fourth-order valence-corrected chi connectivity index (χ4v) is 4.88. The Morgan fingerprint density at radius 2 is 2.04 bits per heavy atom. The highest BCUT2D eigenvalue weighted by atomic mass is 16.7. The molecule has 0 N–H and O–H groups in total. The third-order valence-corrected chi connectivity index (χ3v) is 6.52. The summed E-state index contributed by atoms with van der Waals surface area (Å²) in [5, 5.41) is 0. The van der Waals surface area contributed by atoms with Gasteiger partial charge in [0.1, 0.15) is 0 Å². The van der Waals surface area contributed by atoms with Crippen LogP contribution in [0, 0.1) is 23.2 Å². The van der Waals surface area contributed by atoms with Crippen LogP contribution in [0.1, 0.15) is 39.4 Å². The highest BCUT2D eigenvalue weighted by Crippen LogP contribution is 2.56. The highest BCUT2D eigenvalue weighted by molar-refractivity contribution is 5.66. The number of hydrogen-bond donors (Lipinski definition) is 0. The molecule has 26 heavy (non-hydrogen) atoms. The monoisotopic (exact) mass is 358 g/mol. The van der Waals surface area contributed by atoms with Gasteiger partial charge in [-0.25, -0.2) is 0 Å². The smallest absolute Gasteiger partial charge is 0.302 e. The molecule has 2 heterocycles. The van der Waals surface area contributed by atoms with Gasteiger partial charge in [0.2, 0.25) is 6.79 Å². The van der Waals surface area contributed by atoms with Crippen molar-refractivity contribution >= 4 is 5.97 Å². The second-order valence-electron chi connectivity index (χ2n) is 7.87. The van der Waals surface area contributed by atoms with E-state index in [0.717, 1.165) is 17.1 Å². The molecule has 140 valence electrons. The molecule has 0 saturated carbocycles. The van der Waals surface area contributed by atoms with E-state index in [4.69, 9.17) is 18.9 Å². The standard InChI is InChI=1S/C21H26O5/c1-12-7-13(2)21(9-23-15(4)22)10-24-20(19(12)14(21)3)16-5-6-17-18(8-16)26-11-25-17/h5-8,13-14,19-20H,9-11H2,1-4H3/t13-,14-,19+,20+,21+/m0/s1. The zero-order chi connectivity index (χ0) is 18.5. The lowest BCUT2D eigenvalue weighted by Gasteiger charge is -2.55. The lowest BCUT2D eigenvalue weighted by molar-refractivity contribution is -0.180. The maximum absolute atomic E-state index is 11.4. The molecule has 1 aliphatic carbocycles. The van der Waals surface area contributed by atoms with Crippen LogP contribution in [0.5, 0.6) is 11.5 Å². The van der Waals surface area contributed by atoms with Gasteiger partial charge in [0.25, 0.3) is 0 Å². The van der Waals surface area contributed by atoms with Crippen molar-refractivity contribution in [2.75, 3.05) is 20.0 Å². The van der Waals surface area contributed by atoms with Crippen LogP contribution in [0.15, 0.2) is 29.8 Å². The molecule has 2 bridgehead atoms. The quantitative estimate of drug-likeness (QED) is 0.606. The van der Waals surface area contributed by atoms with Crippen LogP contribution in [0.4, 0.5) is 0 Å². The fraction of sp³-hybridized carbons (Fsp3) is 0.571. The van der Waals surface area contributed by atoms with Gasteiger partial charge < -0.3 is 18.9 Å². The molecule has 0 amide bonds. The van der Waals surface area contributed by atoms with Crippen molar-refractivity contribution in [2.45, 2.75) is 33.8 Å². The van der Waals surface area contributed by atoms with Gasteiger partial charge in [0, 0.05) is 18.3 Å². The summed E-state index contributed by atoms with van der Waals surface area (Å²) in [4.78, 5) is 11.4. The molecule has 1 fully saturated rings. The van der Waals surface area contributed by atoms with Gasteiger partial charge >= 0.3 is 5.97 Å². The maximum Gasteiger partial charge on any atom is 0.302 e. The number of rotatable bonds is 3. The molecule has 5 atom stereocenters. The topological polar surface area (TPSA) is 54.0 Å². The Labute approximate surface area is 154 Å². The number of carbonyl (C=O) groups excluding carboxylic acids is 1. The van der Waals surface area contributed by atoms with E-state index < -0.39 is 0 Å². The van der Waals surface area contributed by atoms with Gasteiger partial charge in [-0.05, 0) is 36.5 Å². The van der Waals surface area contributed by atoms with Crippen molar-refractivity contribution in [1.29, 1.82) is 0 Å². The van der Waals surface area contributed by atoms with E-state index in [0.29, 0.717) is 25.0 Å². The Morgan fingerprint density at radius 3 is 2.81 bits per heavy atom. The highest BCUT2D eigenvalue weighted by Gasteiger charge is 2.54. The van der Waals surface area contributed by atoms with Gasteiger partial charge in [-0.15, -0.1) is 0 Å². The lowest BCUT2D eigenvalue weighted by Crippen LogP contribution is -2.54. The molecule has 5 nitrogen and oxygen atoms in total. The van der Waals surface area contributed by atoms with Gasteiger partial charge in [-0.1, -0.05) is 31.6 Å². The molecule has 1 saturated heterocycles. The number of benzene rings is 1. The minimum atomic E-state index is -0.237. The van der Waals surface area contributed by atoms with E-state index in [-0.39, 0.29) is 30.2 Å². The van der Waals surface area contributed by atoms with Crippen LogP contribution < -0.4 is 9.47 Å². The number of fused-ring (bicyclic) bond motifs is 3. The summed E-state index contributed by atoms with van der Waals surface area (Å²) in [6.45, 7) is 9.36. The van der Waals surface area contributed by atoms with Crippen LogP contribution in [0.3, 0.4) is 0 Å². The van der Waals surface area contributed by atoms with Gasteiger partial charge in [-0.3, -0.25) is 4.79 Å². The summed E-state index contributed by atoms with van der Waals surface area (Å²) in [6.07, 6.45) is 2.30. The van der Waals surface area contributed by atoms with Crippen molar-refractivity contribution in [3.63, 3.8) is 0 Å². The second kappa shape index (κ2) is 6.31. The lowest BCUT2D eigenvalue weighted by atomic mass is 9.56. The van der Waals surface area contributed by atoms with Gasteiger partial charge in [0.05, 0.1) is 19.3 Å². The van der Waals surface area contributed by atoms with Gasteiger partial charge in [0.15, 0.2) is 11.5 Å². The molecule has 5 heteroatoms. The molecule has 1 aromatic rings. The third-order valence-electron chi connectivity index (χ3n) is 6.52. The van der Waals surface area contributed by atoms with Crippen LogP contribution in [0.25, 0.3) is 0 Å². The van der Waals surface area contributed by atoms with Gasteiger partial charge in [-0.2, -0.15) is 0 Å². The normalized spacial score (nSPS) is 35.0. The minimum Gasteiger partial charge on any atom is -0.465 e. The van der Waals surface area contributed by atoms with Crippen molar-refractivity contribution in [3.05, 3.63) is 35.4 Å². The summed E-state index contributed by atoms with van der Waals surface area (Å²) >= 11 is 0. The van der Waals surface area contributed by atoms with Crippen molar-refractivity contribution < 1.29 is 23.7 Å². The second-order valence-corrected chi connectivity index (χ2v) is 7.87. The summed E-state index contributed by atoms with van der Waals surface area (Å²) in [7, 11) is 0. The van der Waals surface area contributed by atoms with E-state index in [2.05, 4.69) is 32.9 Å². The first-order valence-electron chi connectivity index (χ1n) is 9.25. The molecule has 2 aliphatic heterocycles. The summed E-state index contributed by atoms with van der Waals surface area (Å²) in [5.41, 5.74) is 2.27. The average molecular weight is 358 g/mol. The Bertz CT molecular complexity index is 755. The first kappa shape index (κ1) is 17.4. The molecule has 3 aliphatic rings. The Morgan fingerprint density at radius 1 is 1.27 bits per heavy atom. The predicted molar refractivity (Wildman–Crippen MR) is 95.9 cm³/mol. The number of ether oxygens (including phenoxy) is 4. The number of carbonyl (C=O) groups is 1. The molecule has 0 unspecified atom stereocenters. The van der Waals surface area contributed by atoms with Crippen LogP contribution in [-0.2, 0) is 14.3 Å². The van der Waals surface area contributed by atoms with Crippen molar-refractivity contribution in [1.82, 2.24) is 0 Å². The maximum atomic E-state index is 11.4. The number of allylic oxidation sites excluding steroid dienone is 1. The Balaban J connectivity index is 1.67. The van der Waals surface area contributed by atoms with E-state index in [1.54, 1.807) is 0 Å². The van der Waals surface area contributed by atoms with Crippen molar-refractivity contribution in [2.24, 2.45) is 23.2 Å². The van der Waals surface area contributed by atoms with E-state index >= 15 is 0 Å². The van der Waals surface area contributed by atoms with E-state index in [1.807, 2.05) is 12.1 Å². The number of esters is 1. The summed E-state index contributed by atoms with van der Waals surface area (Å²) < 4.78 is 22.8. The predicted octanol–water partition coefficient (Wildman–Crippen LogP) is 3.88. The fourth-order valence-electron chi connectivity index (χ4n) is 4.88. The zero-order valence-electron chi connectivity index (χ0n) is 15.8. The molecule has 0 aromatic heterocycles. The molecule has 4 rings (SSSR count). The largest absolute Gasteiger partial charge is 0.465 e. The van der Waals surface area contributed by atoms with E-state index in [9.17, 15) is 4.79 Å². The first-order valence-corrected chi connectivity index (χ1v) is 9.25. The number of hydrogen-bond acceptors (Lipinski definition) is 5. The summed E-state index contributed by atoms with van der Waals surface area (Å²) in [5.74, 6) is 2.21. The Hall–Kier alpha value is -2.01. The first-order chi connectivity index (χ1) is 12.4. The van der Waals surface area contributed by atoms with Crippen LogP contribution >= 0.6 is 0 Å². The average Bonchev–Trinajstić information content (AvgIpc) is 3.06. The van der Waals surface area contributed by atoms with E-state index in [1.165, 1.54) is 12.5 Å². The molecule has 0 spiro atoms. The third kappa shape index (κ3) is 2.60. The van der Waals surface area contributed by atoms with Crippen LogP contribution in [-0.4, -0.2) is 26.0 Å². The van der Waals surface area contributed by atoms with Crippen LogP contribution in [0.2, 0.25) is 0 Å². The SMILES string of the molecule is CC(=O)OC[C@@]12CO[C@H](c3ccc4c(c3)OCO4)[C@H](C(C)=C[C@@H]1C)[C@@H]2C. The summed E-state index contributed by atoms with van der Waals surface area (Å²) in [6, 6.07) is 6.05. The Kier molecular flexibility index (Phi) is 4.22. The molecular formula is C21H26O5. The zero-order valence-corrected chi connectivity index (χ0v) is 15.8.